The molecule has 0 unspecified atom stereocenters. The Labute approximate surface area is 122 Å². The van der Waals surface area contributed by atoms with Crippen LogP contribution in [0.5, 0.6) is 0 Å². The summed E-state index contributed by atoms with van der Waals surface area (Å²) in [4.78, 5) is 27.1. The van der Waals surface area contributed by atoms with Crippen molar-refractivity contribution in [2.75, 3.05) is 13.1 Å². The smallest absolute Gasteiger partial charge is 0.323 e. The molecule has 0 aliphatic rings. The molecule has 1 heterocycles. The summed E-state index contributed by atoms with van der Waals surface area (Å²) in [5.74, 6) is 0.999. The number of carbonyl (C=O) groups is 2. The van der Waals surface area contributed by atoms with Crippen LogP contribution in [0.1, 0.15) is 12.0 Å². The molecule has 21 heavy (non-hydrogen) atoms. The molecule has 1 aromatic carbocycles. The molecule has 0 aliphatic heterocycles. The molecule has 0 aliphatic carbocycles. The lowest BCUT2D eigenvalue weighted by Gasteiger charge is -2.17. The van der Waals surface area contributed by atoms with Crippen LogP contribution >= 0.6 is 0 Å². The number of fused-ring (bicyclic) bond motifs is 1. The second kappa shape index (κ2) is 6.62. The van der Waals surface area contributed by atoms with Crippen molar-refractivity contribution in [3.05, 3.63) is 36.0 Å². The molecule has 0 bridgehead atoms. The molecule has 0 atom stereocenters. The minimum Gasteiger partial charge on any atom is -0.480 e. The molecule has 0 saturated heterocycles. The Morgan fingerprint density at radius 2 is 2.10 bits per heavy atom. The number of hydrogen-bond donors (Lipinski definition) is 2. The van der Waals surface area contributed by atoms with Crippen LogP contribution in [0.25, 0.3) is 10.9 Å². The van der Waals surface area contributed by atoms with E-state index in [1.807, 2.05) is 30.5 Å². The number of para-hydroxylation sites is 1. The molecule has 0 radical (unpaired) electrons. The number of carbonyl (C=O) groups excluding carboxylic acids is 1. The zero-order valence-electron chi connectivity index (χ0n) is 11.5. The van der Waals surface area contributed by atoms with E-state index in [0.29, 0.717) is 6.42 Å². The summed E-state index contributed by atoms with van der Waals surface area (Å²) >= 11 is 0. The highest BCUT2D eigenvalue weighted by atomic mass is 16.4. The summed E-state index contributed by atoms with van der Waals surface area (Å²) in [6.07, 6.45) is 7.82. The molecule has 0 saturated carbocycles. The number of rotatable bonds is 6. The number of amides is 1. The third-order valence-corrected chi connectivity index (χ3v) is 3.24. The Bertz CT molecular complexity index is 697. The van der Waals surface area contributed by atoms with Gasteiger partial charge >= 0.3 is 5.97 Å². The van der Waals surface area contributed by atoms with Gasteiger partial charge in [0.1, 0.15) is 6.54 Å². The highest BCUT2D eigenvalue weighted by Gasteiger charge is 2.16. The number of aromatic amines is 1. The number of terminal acetylenes is 1. The quantitative estimate of drug-likeness (QED) is 0.792. The maximum atomic E-state index is 12.1. The van der Waals surface area contributed by atoms with E-state index in [1.165, 1.54) is 4.90 Å². The fourth-order valence-electron chi connectivity index (χ4n) is 2.24. The fourth-order valence-corrected chi connectivity index (χ4v) is 2.24. The Morgan fingerprint density at radius 1 is 1.33 bits per heavy atom. The van der Waals surface area contributed by atoms with Crippen molar-refractivity contribution in [1.82, 2.24) is 9.88 Å². The van der Waals surface area contributed by atoms with Gasteiger partial charge in [-0.1, -0.05) is 24.1 Å². The molecule has 2 aromatic rings. The number of aliphatic carboxylic acids is 1. The Morgan fingerprint density at radius 3 is 2.81 bits per heavy atom. The number of aryl methyl sites for hydroxylation is 1. The van der Waals surface area contributed by atoms with E-state index in [4.69, 9.17) is 11.5 Å². The maximum Gasteiger partial charge on any atom is 0.323 e. The lowest BCUT2D eigenvalue weighted by molar-refractivity contribution is -0.144. The van der Waals surface area contributed by atoms with Crippen LogP contribution in [0, 0.1) is 12.3 Å². The second-order valence-corrected chi connectivity index (χ2v) is 4.71. The number of nitrogens with one attached hydrogen (secondary N) is 1. The Hall–Kier alpha value is -2.74. The summed E-state index contributed by atoms with van der Waals surface area (Å²) < 4.78 is 0. The van der Waals surface area contributed by atoms with E-state index in [9.17, 15) is 9.59 Å². The van der Waals surface area contributed by atoms with Crippen molar-refractivity contribution in [2.24, 2.45) is 0 Å². The first-order valence-electron chi connectivity index (χ1n) is 6.60. The van der Waals surface area contributed by atoms with Crippen LogP contribution in [-0.4, -0.2) is 40.0 Å². The molecule has 2 rings (SSSR count). The minimum atomic E-state index is -1.06. The van der Waals surface area contributed by atoms with Crippen molar-refractivity contribution in [1.29, 1.82) is 0 Å². The third-order valence-electron chi connectivity index (χ3n) is 3.24. The molecule has 1 aromatic heterocycles. The van der Waals surface area contributed by atoms with Crippen molar-refractivity contribution in [3.63, 3.8) is 0 Å². The molecule has 0 fully saturated rings. The normalized spacial score (nSPS) is 10.2. The number of H-pyrrole nitrogens is 1. The van der Waals surface area contributed by atoms with E-state index < -0.39 is 5.97 Å². The van der Waals surface area contributed by atoms with Crippen LogP contribution in [0.4, 0.5) is 0 Å². The van der Waals surface area contributed by atoms with Crippen LogP contribution in [-0.2, 0) is 16.0 Å². The van der Waals surface area contributed by atoms with Gasteiger partial charge in [0.2, 0.25) is 5.91 Å². The standard InChI is InChI=1S/C16H16N2O3/c1-2-9-18(11-16(20)21)15(19)8-7-12-10-17-14-6-4-3-5-13(12)14/h1,3-6,10,17H,7-9,11H2,(H,20,21). The van der Waals surface area contributed by atoms with Gasteiger partial charge in [0.05, 0.1) is 6.54 Å². The summed E-state index contributed by atoms with van der Waals surface area (Å²) in [7, 11) is 0. The largest absolute Gasteiger partial charge is 0.480 e. The highest BCUT2D eigenvalue weighted by Crippen LogP contribution is 2.19. The monoisotopic (exact) mass is 284 g/mol. The van der Waals surface area contributed by atoms with Gasteiger partial charge in [0.15, 0.2) is 0 Å². The Kier molecular flexibility index (Phi) is 4.62. The van der Waals surface area contributed by atoms with E-state index in [2.05, 4.69) is 10.9 Å². The maximum absolute atomic E-state index is 12.1. The SMILES string of the molecule is C#CCN(CC(=O)O)C(=O)CCc1c[nH]c2ccccc12. The minimum absolute atomic E-state index is 0.0129. The molecule has 0 spiro atoms. The van der Waals surface area contributed by atoms with Gasteiger partial charge in [-0.3, -0.25) is 9.59 Å². The first-order chi connectivity index (χ1) is 10.1. The van der Waals surface area contributed by atoms with Crippen molar-refractivity contribution >= 4 is 22.8 Å². The van der Waals surface area contributed by atoms with Crippen molar-refractivity contribution in [2.45, 2.75) is 12.8 Å². The second-order valence-electron chi connectivity index (χ2n) is 4.71. The predicted octanol–water partition coefficient (Wildman–Crippen LogP) is 1.65. The number of benzene rings is 1. The van der Waals surface area contributed by atoms with Crippen LogP contribution in [0.2, 0.25) is 0 Å². The van der Waals surface area contributed by atoms with Gasteiger partial charge in [-0.05, 0) is 18.1 Å². The van der Waals surface area contributed by atoms with Crippen LogP contribution in [0.15, 0.2) is 30.5 Å². The average Bonchev–Trinajstić information content (AvgIpc) is 2.87. The summed E-state index contributed by atoms with van der Waals surface area (Å²) in [5, 5.41) is 9.86. The lowest BCUT2D eigenvalue weighted by Crippen LogP contribution is -2.36. The molecular weight excluding hydrogens is 268 g/mol. The van der Waals surface area contributed by atoms with E-state index in [0.717, 1.165) is 16.5 Å². The predicted molar refractivity (Wildman–Crippen MR) is 79.7 cm³/mol. The number of nitrogens with zero attached hydrogens (tertiary/aromatic N) is 1. The van der Waals surface area contributed by atoms with Crippen molar-refractivity contribution in [3.8, 4) is 12.3 Å². The van der Waals surface area contributed by atoms with Gasteiger partial charge in [-0.15, -0.1) is 6.42 Å². The van der Waals surface area contributed by atoms with Gasteiger partial charge < -0.3 is 15.0 Å². The molecular formula is C16H16N2O3. The number of carboxylic acids is 1. The number of hydrogen-bond acceptors (Lipinski definition) is 2. The van der Waals surface area contributed by atoms with E-state index in [1.54, 1.807) is 0 Å². The number of carboxylic acid groups (broad SMARTS) is 1. The first kappa shape index (κ1) is 14.7. The summed E-state index contributed by atoms with van der Waals surface area (Å²) in [6.45, 7) is -0.351. The topological polar surface area (TPSA) is 73.4 Å². The van der Waals surface area contributed by atoms with Crippen LogP contribution < -0.4 is 0 Å². The van der Waals surface area contributed by atoms with Gasteiger partial charge in [-0.25, -0.2) is 0 Å². The first-order valence-corrected chi connectivity index (χ1v) is 6.60. The number of aromatic nitrogens is 1. The van der Waals surface area contributed by atoms with E-state index >= 15 is 0 Å². The molecule has 5 heteroatoms. The molecule has 5 nitrogen and oxygen atoms in total. The van der Waals surface area contributed by atoms with Crippen LogP contribution in [0.3, 0.4) is 0 Å². The molecule has 2 N–H and O–H groups in total. The van der Waals surface area contributed by atoms with Gasteiger partial charge in [0, 0.05) is 23.5 Å². The lowest BCUT2D eigenvalue weighted by atomic mass is 10.1. The van der Waals surface area contributed by atoms with E-state index in [-0.39, 0.29) is 25.4 Å². The molecule has 108 valence electrons. The van der Waals surface area contributed by atoms with Crippen molar-refractivity contribution < 1.29 is 14.7 Å². The third kappa shape index (κ3) is 3.63. The average molecular weight is 284 g/mol. The highest BCUT2D eigenvalue weighted by molar-refractivity contribution is 5.85. The van der Waals surface area contributed by atoms with Gasteiger partial charge in [0.25, 0.3) is 0 Å². The fraction of sp³-hybridized carbons (Fsp3) is 0.250. The van der Waals surface area contributed by atoms with Gasteiger partial charge in [-0.2, -0.15) is 0 Å². The zero-order chi connectivity index (χ0) is 15.2. The Balaban J connectivity index is 2.02. The molecule has 1 amide bonds. The summed E-state index contributed by atoms with van der Waals surface area (Å²) in [5.41, 5.74) is 2.06. The zero-order valence-corrected chi connectivity index (χ0v) is 11.5. The summed E-state index contributed by atoms with van der Waals surface area (Å²) in [6, 6.07) is 7.84.